The van der Waals surface area contributed by atoms with E-state index in [1.165, 1.54) is 0 Å². The van der Waals surface area contributed by atoms with Gasteiger partial charge in [-0.05, 0) is 38.0 Å². The van der Waals surface area contributed by atoms with E-state index in [0.717, 1.165) is 5.56 Å². The quantitative estimate of drug-likeness (QED) is 0.812. The van der Waals surface area contributed by atoms with E-state index in [1.807, 2.05) is 12.1 Å². The molecule has 2 aromatic rings. The van der Waals surface area contributed by atoms with Gasteiger partial charge >= 0.3 is 0 Å². The average molecular weight is 295 g/mol. The maximum Gasteiger partial charge on any atom is 0.245 e. The molecule has 0 radical (unpaired) electrons. The number of nitrogens with two attached hydrogens (primary N) is 1. The Morgan fingerprint density at radius 2 is 1.90 bits per heavy atom. The zero-order chi connectivity index (χ0) is 14.8. The van der Waals surface area contributed by atoms with Crippen molar-refractivity contribution in [3.05, 3.63) is 41.3 Å². The van der Waals surface area contributed by atoms with Crippen LogP contribution in [0.1, 0.15) is 17.0 Å². The van der Waals surface area contributed by atoms with Crippen molar-refractivity contribution in [2.24, 2.45) is 0 Å². The molecule has 0 aliphatic carbocycles. The van der Waals surface area contributed by atoms with Crippen molar-refractivity contribution < 1.29 is 12.9 Å². The highest BCUT2D eigenvalue weighted by Gasteiger charge is 2.23. The van der Waals surface area contributed by atoms with Gasteiger partial charge in [-0.15, -0.1) is 0 Å². The summed E-state index contributed by atoms with van der Waals surface area (Å²) in [6.45, 7) is 3.48. The lowest BCUT2D eigenvalue weighted by atomic mass is 10.1. The van der Waals surface area contributed by atoms with Crippen LogP contribution in [0.4, 0.5) is 5.69 Å². The Hall–Kier alpha value is -1.86. The van der Waals surface area contributed by atoms with Crippen molar-refractivity contribution in [1.82, 2.24) is 9.88 Å². The van der Waals surface area contributed by atoms with E-state index in [4.69, 9.17) is 10.3 Å². The number of rotatable bonds is 5. The first-order chi connectivity index (χ1) is 9.40. The van der Waals surface area contributed by atoms with E-state index in [9.17, 15) is 8.42 Å². The summed E-state index contributed by atoms with van der Waals surface area (Å²) in [6.07, 6.45) is 0.586. The molecule has 1 aromatic carbocycles. The van der Waals surface area contributed by atoms with Crippen LogP contribution in [-0.4, -0.2) is 20.1 Å². The summed E-state index contributed by atoms with van der Waals surface area (Å²) >= 11 is 0. The standard InChI is InChI=1S/C13H17N3O3S/c1-9-13(10(2)19-16-9)20(17,18)15-8-7-11-3-5-12(14)6-4-11/h3-6,15H,7-8,14H2,1-2H3. The van der Waals surface area contributed by atoms with E-state index < -0.39 is 10.0 Å². The summed E-state index contributed by atoms with van der Waals surface area (Å²) in [5, 5.41) is 3.65. The second-order valence-corrected chi connectivity index (χ2v) is 6.25. The zero-order valence-electron chi connectivity index (χ0n) is 11.4. The van der Waals surface area contributed by atoms with Crippen molar-refractivity contribution in [3.63, 3.8) is 0 Å². The van der Waals surface area contributed by atoms with Crippen molar-refractivity contribution in [3.8, 4) is 0 Å². The molecule has 0 spiro atoms. The molecule has 0 saturated heterocycles. The molecule has 3 N–H and O–H groups in total. The number of aromatic nitrogens is 1. The number of nitrogens with zero attached hydrogens (tertiary/aromatic N) is 1. The molecule has 0 fully saturated rings. The van der Waals surface area contributed by atoms with Gasteiger partial charge in [0.1, 0.15) is 10.6 Å². The molecule has 20 heavy (non-hydrogen) atoms. The summed E-state index contributed by atoms with van der Waals surface area (Å²) < 4.78 is 31.7. The first kappa shape index (κ1) is 14.5. The van der Waals surface area contributed by atoms with Crippen LogP contribution < -0.4 is 10.5 Å². The molecular formula is C13H17N3O3S. The second kappa shape index (κ2) is 5.64. The van der Waals surface area contributed by atoms with Crippen molar-refractivity contribution >= 4 is 15.7 Å². The third-order valence-electron chi connectivity index (χ3n) is 2.92. The van der Waals surface area contributed by atoms with Crippen LogP contribution in [0.3, 0.4) is 0 Å². The molecule has 1 aromatic heterocycles. The van der Waals surface area contributed by atoms with Crippen molar-refractivity contribution in [1.29, 1.82) is 0 Å². The number of hydrogen-bond donors (Lipinski definition) is 2. The molecule has 0 aliphatic rings. The van der Waals surface area contributed by atoms with Crippen LogP contribution >= 0.6 is 0 Å². The molecule has 1 heterocycles. The average Bonchev–Trinajstić information content (AvgIpc) is 2.72. The van der Waals surface area contributed by atoms with E-state index in [2.05, 4.69) is 9.88 Å². The zero-order valence-corrected chi connectivity index (χ0v) is 12.2. The van der Waals surface area contributed by atoms with E-state index in [1.54, 1.807) is 26.0 Å². The Balaban J connectivity index is 2.02. The van der Waals surface area contributed by atoms with Crippen LogP contribution in [0.2, 0.25) is 0 Å². The number of nitrogens with one attached hydrogen (secondary N) is 1. The smallest absolute Gasteiger partial charge is 0.245 e. The Morgan fingerprint density at radius 1 is 1.25 bits per heavy atom. The topological polar surface area (TPSA) is 98.2 Å². The van der Waals surface area contributed by atoms with Gasteiger partial charge in [0, 0.05) is 12.2 Å². The third-order valence-corrected chi connectivity index (χ3v) is 4.63. The molecule has 7 heteroatoms. The van der Waals surface area contributed by atoms with Gasteiger partial charge in [-0.3, -0.25) is 0 Å². The van der Waals surface area contributed by atoms with Crippen LogP contribution in [0, 0.1) is 13.8 Å². The number of aryl methyl sites for hydroxylation is 2. The van der Waals surface area contributed by atoms with Gasteiger partial charge in [-0.25, -0.2) is 13.1 Å². The van der Waals surface area contributed by atoms with Crippen LogP contribution in [-0.2, 0) is 16.4 Å². The van der Waals surface area contributed by atoms with Gasteiger partial charge in [-0.2, -0.15) is 0 Å². The van der Waals surface area contributed by atoms with Crippen LogP contribution in [0.25, 0.3) is 0 Å². The lowest BCUT2D eigenvalue weighted by Gasteiger charge is -2.06. The van der Waals surface area contributed by atoms with Crippen molar-refractivity contribution in [2.45, 2.75) is 25.2 Å². The van der Waals surface area contributed by atoms with Crippen molar-refractivity contribution in [2.75, 3.05) is 12.3 Å². The summed E-state index contributed by atoms with van der Waals surface area (Å²) in [4.78, 5) is 0.120. The fourth-order valence-electron chi connectivity index (χ4n) is 1.94. The van der Waals surface area contributed by atoms with Gasteiger partial charge in [0.25, 0.3) is 0 Å². The Kier molecular flexibility index (Phi) is 4.10. The molecule has 108 valence electrons. The maximum atomic E-state index is 12.1. The first-order valence-electron chi connectivity index (χ1n) is 6.17. The van der Waals surface area contributed by atoms with E-state index in [-0.39, 0.29) is 4.90 Å². The SMILES string of the molecule is Cc1noc(C)c1S(=O)(=O)NCCc1ccc(N)cc1. The number of sulfonamides is 1. The Morgan fingerprint density at radius 3 is 2.45 bits per heavy atom. The molecule has 0 unspecified atom stereocenters. The second-order valence-electron chi connectivity index (χ2n) is 4.54. The third kappa shape index (κ3) is 3.17. The number of nitrogen functional groups attached to an aromatic ring is 1. The summed E-state index contributed by atoms with van der Waals surface area (Å²) in [5.41, 5.74) is 7.66. The van der Waals surface area contributed by atoms with Crippen LogP contribution in [0.15, 0.2) is 33.7 Å². The number of anilines is 1. The molecule has 0 bridgehead atoms. The molecule has 0 aliphatic heterocycles. The lowest BCUT2D eigenvalue weighted by Crippen LogP contribution is -2.26. The monoisotopic (exact) mass is 295 g/mol. The molecule has 0 saturated carbocycles. The maximum absolute atomic E-state index is 12.1. The highest BCUT2D eigenvalue weighted by atomic mass is 32.2. The largest absolute Gasteiger partial charge is 0.399 e. The summed E-state index contributed by atoms with van der Waals surface area (Å²) in [6, 6.07) is 7.33. The van der Waals surface area contributed by atoms with E-state index >= 15 is 0 Å². The summed E-state index contributed by atoms with van der Waals surface area (Å²) in [7, 11) is -3.59. The van der Waals surface area contributed by atoms with Crippen LogP contribution in [0.5, 0.6) is 0 Å². The molecule has 6 nitrogen and oxygen atoms in total. The summed E-state index contributed by atoms with van der Waals surface area (Å²) in [5.74, 6) is 0.294. The van der Waals surface area contributed by atoms with Gasteiger partial charge in [0.15, 0.2) is 5.76 Å². The Bertz CT molecular complexity index is 671. The first-order valence-corrected chi connectivity index (χ1v) is 7.65. The fraction of sp³-hybridized carbons (Fsp3) is 0.308. The number of hydrogen-bond acceptors (Lipinski definition) is 5. The van der Waals surface area contributed by atoms with Gasteiger partial charge in [0.2, 0.25) is 10.0 Å². The molecule has 2 rings (SSSR count). The minimum Gasteiger partial charge on any atom is -0.399 e. The van der Waals surface area contributed by atoms with E-state index in [0.29, 0.717) is 30.1 Å². The normalized spacial score (nSPS) is 11.7. The van der Waals surface area contributed by atoms with Gasteiger partial charge in [-0.1, -0.05) is 17.3 Å². The number of benzene rings is 1. The Labute approximate surface area is 118 Å². The minimum atomic E-state index is -3.59. The molecule has 0 atom stereocenters. The predicted octanol–water partition coefficient (Wildman–Crippen LogP) is 1.39. The fourth-order valence-corrected chi connectivity index (χ4v) is 3.30. The highest BCUT2D eigenvalue weighted by molar-refractivity contribution is 7.89. The van der Waals surface area contributed by atoms with Gasteiger partial charge < -0.3 is 10.3 Å². The lowest BCUT2D eigenvalue weighted by molar-refractivity contribution is 0.390. The molecule has 0 amide bonds. The highest BCUT2D eigenvalue weighted by Crippen LogP contribution is 2.18. The van der Waals surface area contributed by atoms with Gasteiger partial charge in [0.05, 0.1) is 0 Å². The minimum absolute atomic E-state index is 0.120. The molecular weight excluding hydrogens is 278 g/mol. The predicted molar refractivity (Wildman–Crippen MR) is 75.7 cm³/mol.